The molecule has 0 aromatic heterocycles. The van der Waals surface area contributed by atoms with Crippen LogP contribution in [0.25, 0.3) is 0 Å². The van der Waals surface area contributed by atoms with Gasteiger partial charge >= 0.3 is 6.18 Å². The number of nitrogens with one attached hydrogen (secondary N) is 2. The lowest BCUT2D eigenvalue weighted by molar-refractivity contribution is -0.137. The molecule has 2 aromatic rings. The van der Waals surface area contributed by atoms with Gasteiger partial charge in [0.05, 0.1) is 10.5 Å². The molecular formula is C20H19F4N3O4S. The third kappa shape index (κ3) is 6.05. The first kappa shape index (κ1) is 23.7. The Hall–Kier alpha value is -2.96. The molecule has 3 rings (SSSR count). The van der Waals surface area contributed by atoms with Crippen molar-refractivity contribution in [1.82, 2.24) is 9.79 Å². The quantitative estimate of drug-likeness (QED) is 0.476. The van der Waals surface area contributed by atoms with Crippen LogP contribution in [0.15, 0.2) is 65.2 Å². The number of hydrogen-bond acceptors (Lipinski definition) is 5. The van der Waals surface area contributed by atoms with Crippen LogP contribution >= 0.6 is 0 Å². The van der Waals surface area contributed by atoms with E-state index in [0.717, 1.165) is 28.6 Å². The van der Waals surface area contributed by atoms with Crippen molar-refractivity contribution < 1.29 is 35.6 Å². The zero-order chi connectivity index (χ0) is 23.4. The van der Waals surface area contributed by atoms with Crippen LogP contribution in [0, 0.1) is 5.82 Å². The number of sulfonamides is 1. The smallest absolute Gasteiger partial charge is 0.324 e. The molecule has 0 aliphatic carbocycles. The molecule has 32 heavy (non-hydrogen) atoms. The number of halogens is 4. The van der Waals surface area contributed by atoms with Crippen LogP contribution in [0.2, 0.25) is 0 Å². The molecule has 0 atom stereocenters. The van der Waals surface area contributed by atoms with Crippen LogP contribution in [-0.2, 0) is 25.8 Å². The van der Waals surface area contributed by atoms with Crippen LogP contribution in [0.3, 0.4) is 0 Å². The van der Waals surface area contributed by atoms with Gasteiger partial charge in [0.1, 0.15) is 5.82 Å². The molecular weight excluding hydrogens is 454 g/mol. The van der Waals surface area contributed by atoms with E-state index in [1.165, 1.54) is 24.3 Å². The van der Waals surface area contributed by atoms with Crippen LogP contribution in [0.1, 0.15) is 12.0 Å². The van der Waals surface area contributed by atoms with Gasteiger partial charge in [0.25, 0.3) is 5.91 Å². The standard InChI is InChI=1S/C20H19F4N3O4S/c21-15-4-2-5-17(12-15)25-19(28)13-31-26-16-7-9-27(10-8-16)32(29,30)18-6-1-3-14(11-18)20(22,23)24/h1-7,11-12,26H,8-10,13H2,(H,25,28). The molecule has 2 N–H and O–H groups in total. The van der Waals surface area contributed by atoms with Crippen molar-refractivity contribution in [2.75, 3.05) is 25.0 Å². The second kappa shape index (κ2) is 9.67. The number of amides is 1. The van der Waals surface area contributed by atoms with Crippen molar-refractivity contribution in [1.29, 1.82) is 0 Å². The number of rotatable bonds is 7. The lowest BCUT2D eigenvalue weighted by Crippen LogP contribution is -2.37. The van der Waals surface area contributed by atoms with Crippen molar-refractivity contribution in [3.05, 3.63) is 71.7 Å². The maximum atomic E-state index is 13.1. The molecule has 1 aliphatic rings. The monoisotopic (exact) mass is 473 g/mol. The van der Waals surface area contributed by atoms with E-state index in [0.29, 0.717) is 11.8 Å². The van der Waals surface area contributed by atoms with Gasteiger partial charge in [0.2, 0.25) is 10.0 Å². The van der Waals surface area contributed by atoms with Gasteiger partial charge in [-0.25, -0.2) is 12.8 Å². The maximum Gasteiger partial charge on any atom is 0.416 e. The molecule has 172 valence electrons. The highest BCUT2D eigenvalue weighted by molar-refractivity contribution is 7.89. The first-order chi connectivity index (χ1) is 15.1. The number of benzene rings is 2. The Kier molecular flexibility index (Phi) is 7.16. The van der Waals surface area contributed by atoms with E-state index in [4.69, 9.17) is 4.84 Å². The summed E-state index contributed by atoms with van der Waals surface area (Å²) < 4.78 is 78.1. The maximum absolute atomic E-state index is 13.1. The van der Waals surface area contributed by atoms with Gasteiger partial charge in [-0.15, -0.1) is 0 Å². The summed E-state index contributed by atoms with van der Waals surface area (Å²) in [6, 6.07) is 8.90. The summed E-state index contributed by atoms with van der Waals surface area (Å²) in [6.45, 7) is -0.462. The Bertz CT molecular complexity index is 1120. The van der Waals surface area contributed by atoms with Crippen molar-refractivity contribution in [2.45, 2.75) is 17.5 Å². The van der Waals surface area contributed by atoms with Gasteiger partial charge in [-0.3, -0.25) is 15.1 Å². The molecule has 12 heteroatoms. The summed E-state index contributed by atoms with van der Waals surface area (Å²) in [4.78, 5) is 16.5. The Labute approximate surface area is 181 Å². The van der Waals surface area contributed by atoms with E-state index < -0.39 is 38.4 Å². The molecule has 0 bridgehead atoms. The van der Waals surface area contributed by atoms with Crippen molar-refractivity contribution in [2.24, 2.45) is 0 Å². The first-order valence-electron chi connectivity index (χ1n) is 9.35. The highest BCUT2D eigenvalue weighted by Crippen LogP contribution is 2.31. The largest absolute Gasteiger partial charge is 0.416 e. The van der Waals surface area contributed by atoms with E-state index in [1.54, 1.807) is 0 Å². The van der Waals surface area contributed by atoms with Gasteiger partial charge in [-0.1, -0.05) is 12.1 Å². The van der Waals surface area contributed by atoms with E-state index in [9.17, 15) is 30.8 Å². The van der Waals surface area contributed by atoms with Gasteiger partial charge in [-0.2, -0.15) is 17.5 Å². The molecule has 1 amide bonds. The minimum absolute atomic E-state index is 0.0102. The molecule has 7 nitrogen and oxygen atoms in total. The molecule has 1 heterocycles. The topological polar surface area (TPSA) is 87.7 Å². The summed E-state index contributed by atoms with van der Waals surface area (Å²) in [5.74, 6) is -1.04. The highest BCUT2D eigenvalue weighted by Gasteiger charge is 2.33. The zero-order valence-corrected chi connectivity index (χ0v) is 17.3. The number of anilines is 1. The van der Waals surface area contributed by atoms with E-state index >= 15 is 0 Å². The molecule has 1 aliphatic heterocycles. The van der Waals surface area contributed by atoms with Crippen molar-refractivity contribution in [3.8, 4) is 0 Å². The van der Waals surface area contributed by atoms with Crippen molar-refractivity contribution in [3.63, 3.8) is 0 Å². The molecule has 0 fully saturated rings. The highest BCUT2D eigenvalue weighted by atomic mass is 32.2. The normalized spacial score (nSPS) is 15.2. The third-order valence-electron chi connectivity index (χ3n) is 4.49. The van der Waals surface area contributed by atoms with Crippen LogP contribution in [0.4, 0.5) is 23.2 Å². The predicted molar refractivity (Wildman–Crippen MR) is 107 cm³/mol. The van der Waals surface area contributed by atoms with Crippen molar-refractivity contribution >= 4 is 21.6 Å². The number of nitrogens with zero attached hydrogens (tertiary/aromatic N) is 1. The Balaban J connectivity index is 1.52. The van der Waals surface area contributed by atoms with E-state index in [2.05, 4.69) is 10.8 Å². The fraction of sp³-hybridized carbons (Fsp3) is 0.250. The van der Waals surface area contributed by atoms with Gasteiger partial charge in [-0.05, 0) is 42.5 Å². The Morgan fingerprint density at radius 3 is 2.53 bits per heavy atom. The van der Waals surface area contributed by atoms with Crippen LogP contribution < -0.4 is 10.8 Å². The van der Waals surface area contributed by atoms with E-state index in [1.807, 2.05) is 0 Å². The zero-order valence-electron chi connectivity index (χ0n) is 16.5. The number of carbonyl (C=O) groups excluding carboxylic acids is 1. The summed E-state index contributed by atoms with van der Waals surface area (Å²) in [6.07, 6.45) is -2.95. The van der Waals surface area contributed by atoms with E-state index in [-0.39, 0.29) is 31.8 Å². The lowest BCUT2D eigenvalue weighted by atomic mass is 10.2. The van der Waals surface area contributed by atoms with Crippen LogP contribution in [-0.4, -0.2) is 38.3 Å². The summed E-state index contributed by atoms with van der Waals surface area (Å²) in [5, 5.41) is 2.45. The second-order valence-corrected chi connectivity index (χ2v) is 8.76. The number of hydrogen-bond donors (Lipinski definition) is 2. The molecule has 2 aromatic carbocycles. The minimum Gasteiger partial charge on any atom is -0.324 e. The van der Waals surface area contributed by atoms with Gasteiger partial charge in [0, 0.05) is 30.9 Å². The molecule has 0 spiro atoms. The first-order valence-corrected chi connectivity index (χ1v) is 10.8. The number of carbonyl (C=O) groups is 1. The molecule has 0 radical (unpaired) electrons. The lowest BCUT2D eigenvalue weighted by Gasteiger charge is -2.26. The Morgan fingerprint density at radius 1 is 1.12 bits per heavy atom. The number of hydroxylamine groups is 1. The fourth-order valence-corrected chi connectivity index (χ4v) is 4.33. The van der Waals surface area contributed by atoms with Crippen LogP contribution in [0.5, 0.6) is 0 Å². The Morgan fingerprint density at radius 2 is 1.88 bits per heavy atom. The second-order valence-electron chi connectivity index (χ2n) is 6.82. The van der Waals surface area contributed by atoms with Gasteiger partial charge < -0.3 is 5.32 Å². The SMILES string of the molecule is O=C(CONC1=CCN(S(=O)(=O)c2cccc(C(F)(F)F)c2)CC1)Nc1cccc(F)c1. The molecule has 0 saturated heterocycles. The molecule has 0 unspecified atom stereocenters. The summed E-state index contributed by atoms with van der Waals surface area (Å²) in [7, 11) is -4.11. The fourth-order valence-electron chi connectivity index (χ4n) is 2.90. The average Bonchev–Trinajstić information content (AvgIpc) is 2.73. The average molecular weight is 473 g/mol. The predicted octanol–water partition coefficient (Wildman–Crippen LogP) is 3.28. The molecule has 0 saturated carbocycles. The van der Waals surface area contributed by atoms with Gasteiger partial charge in [0.15, 0.2) is 6.61 Å². The third-order valence-corrected chi connectivity index (χ3v) is 6.35. The summed E-state index contributed by atoms with van der Waals surface area (Å²) in [5.41, 5.74) is 2.29. The number of alkyl halides is 3. The minimum atomic E-state index is -4.65. The summed E-state index contributed by atoms with van der Waals surface area (Å²) >= 11 is 0.